The first-order valence-electron chi connectivity index (χ1n) is 11.9. The number of amides is 1. The van der Waals surface area contributed by atoms with Crippen LogP contribution in [0, 0.1) is 22.7 Å². The highest BCUT2D eigenvalue weighted by Gasteiger charge is 2.22. The third-order valence-electron chi connectivity index (χ3n) is 5.48. The summed E-state index contributed by atoms with van der Waals surface area (Å²) in [5, 5.41) is 23.0. The van der Waals surface area contributed by atoms with E-state index in [0.29, 0.717) is 51.9 Å². The highest BCUT2D eigenvalue weighted by atomic mass is 32.2. The van der Waals surface area contributed by atoms with E-state index in [-0.39, 0.29) is 6.54 Å². The molecule has 204 valence electrons. The molecule has 0 fully saturated rings. The number of rotatable bonds is 10. The molecule has 0 unspecified atom stereocenters. The number of nitrogens with zero attached hydrogens (tertiary/aromatic N) is 5. The Morgan fingerprint density at radius 3 is 2.24 bits per heavy atom. The van der Waals surface area contributed by atoms with E-state index >= 15 is 0 Å². The number of benzene rings is 1. The molecule has 2 aromatic rings. The molecule has 0 bridgehead atoms. The van der Waals surface area contributed by atoms with Crippen LogP contribution in [0.15, 0.2) is 29.3 Å². The van der Waals surface area contributed by atoms with Crippen LogP contribution in [0.1, 0.15) is 49.9 Å². The van der Waals surface area contributed by atoms with E-state index in [1.54, 1.807) is 44.9 Å². The molecule has 1 aromatic carbocycles. The summed E-state index contributed by atoms with van der Waals surface area (Å²) in [7, 11) is -0.0922. The van der Waals surface area contributed by atoms with E-state index in [9.17, 15) is 23.7 Å². The van der Waals surface area contributed by atoms with Gasteiger partial charge in [-0.25, -0.2) is 18.2 Å². The molecule has 2 rings (SSSR count). The van der Waals surface area contributed by atoms with Gasteiger partial charge in [-0.3, -0.25) is 4.31 Å². The van der Waals surface area contributed by atoms with Crippen LogP contribution >= 0.6 is 11.8 Å². The first kappa shape index (κ1) is 30.7. The van der Waals surface area contributed by atoms with Gasteiger partial charge in [0.25, 0.3) is 0 Å². The topological polar surface area (TPSA) is 139 Å². The van der Waals surface area contributed by atoms with Crippen LogP contribution in [0.25, 0.3) is 0 Å². The summed E-state index contributed by atoms with van der Waals surface area (Å²) in [5.74, 6) is 0.921. The van der Waals surface area contributed by atoms with E-state index in [1.807, 2.05) is 19.1 Å². The number of likely N-dealkylation sites (N-methyl/N-ethyl adjacent to an activating group) is 1. The number of nitriles is 2. The van der Waals surface area contributed by atoms with Gasteiger partial charge in [-0.2, -0.15) is 10.5 Å². The van der Waals surface area contributed by atoms with Crippen LogP contribution in [-0.2, 0) is 26.9 Å². The molecule has 0 saturated carbocycles. The van der Waals surface area contributed by atoms with Crippen LogP contribution in [0.2, 0.25) is 0 Å². The number of carbonyl (C=O) groups is 1. The Kier molecular flexibility index (Phi) is 10.4. The minimum absolute atomic E-state index is 0.274. The summed E-state index contributed by atoms with van der Waals surface area (Å²) in [5.41, 5.74) is 2.19. The number of nitrogens with one attached hydrogen (secondary N) is 1. The predicted molar refractivity (Wildman–Crippen MR) is 150 cm³/mol. The SMILES string of the molecule is CCc1c(C#N)c(SCc2ccc(N(C)S(C)(=O)=O)cc2)nc(N(C)CCNC(=O)OC(C)(C)C)c1C#N. The maximum absolute atomic E-state index is 12.0. The van der Waals surface area contributed by atoms with Crippen molar-refractivity contribution in [3.63, 3.8) is 0 Å². The zero-order valence-electron chi connectivity index (χ0n) is 22.8. The predicted octanol–water partition coefficient (Wildman–Crippen LogP) is 4.04. The van der Waals surface area contributed by atoms with Crippen molar-refractivity contribution in [2.45, 2.75) is 50.5 Å². The minimum Gasteiger partial charge on any atom is -0.444 e. The van der Waals surface area contributed by atoms with Gasteiger partial charge in [0, 0.05) is 32.9 Å². The molecule has 1 amide bonds. The van der Waals surface area contributed by atoms with Crippen LogP contribution in [0.3, 0.4) is 0 Å². The Hall–Kier alpha value is -3.48. The lowest BCUT2D eigenvalue weighted by Gasteiger charge is -2.23. The lowest BCUT2D eigenvalue weighted by Crippen LogP contribution is -2.37. The smallest absolute Gasteiger partial charge is 0.407 e. The second-order valence-electron chi connectivity index (χ2n) is 9.58. The number of hydrogen-bond acceptors (Lipinski definition) is 9. The summed E-state index contributed by atoms with van der Waals surface area (Å²) >= 11 is 1.37. The molecule has 1 N–H and O–H groups in total. The van der Waals surface area contributed by atoms with Gasteiger partial charge < -0.3 is 15.0 Å². The van der Waals surface area contributed by atoms with E-state index in [0.717, 1.165) is 11.8 Å². The molecule has 1 aromatic heterocycles. The molecule has 0 saturated heterocycles. The summed E-state index contributed by atoms with van der Waals surface area (Å²) in [6, 6.07) is 11.5. The number of carbonyl (C=O) groups excluding carboxylic acids is 1. The van der Waals surface area contributed by atoms with Gasteiger partial charge in [0.05, 0.1) is 23.1 Å². The fraction of sp³-hybridized carbons (Fsp3) is 0.462. The van der Waals surface area contributed by atoms with Crippen LogP contribution in [0.4, 0.5) is 16.3 Å². The third kappa shape index (κ3) is 8.27. The van der Waals surface area contributed by atoms with E-state index < -0.39 is 21.7 Å². The summed E-state index contributed by atoms with van der Waals surface area (Å²) in [6.45, 7) is 7.88. The van der Waals surface area contributed by atoms with Gasteiger partial charge in [0.15, 0.2) is 0 Å². The maximum Gasteiger partial charge on any atom is 0.407 e. The van der Waals surface area contributed by atoms with Gasteiger partial charge in [-0.1, -0.05) is 19.1 Å². The maximum atomic E-state index is 12.0. The number of sulfonamides is 1. The molecule has 0 aliphatic heterocycles. The van der Waals surface area contributed by atoms with Crippen molar-refractivity contribution >= 4 is 39.4 Å². The zero-order chi connectivity index (χ0) is 28.7. The van der Waals surface area contributed by atoms with Crippen molar-refractivity contribution in [1.29, 1.82) is 10.5 Å². The van der Waals surface area contributed by atoms with Gasteiger partial charge in [-0.15, -0.1) is 11.8 Å². The van der Waals surface area contributed by atoms with Gasteiger partial charge >= 0.3 is 6.09 Å². The number of pyridine rings is 1. The van der Waals surface area contributed by atoms with Gasteiger partial charge in [0.2, 0.25) is 10.0 Å². The largest absolute Gasteiger partial charge is 0.444 e. The van der Waals surface area contributed by atoms with E-state index in [1.165, 1.54) is 23.1 Å². The van der Waals surface area contributed by atoms with E-state index in [4.69, 9.17) is 4.74 Å². The van der Waals surface area contributed by atoms with Crippen molar-refractivity contribution in [3.05, 3.63) is 46.5 Å². The molecule has 0 aliphatic carbocycles. The Balaban J connectivity index is 2.27. The molecule has 0 spiro atoms. The quantitative estimate of drug-likeness (QED) is 0.428. The lowest BCUT2D eigenvalue weighted by atomic mass is 10.0. The van der Waals surface area contributed by atoms with Crippen molar-refractivity contribution < 1.29 is 17.9 Å². The number of alkyl carbamates (subject to hydrolysis) is 1. The number of ether oxygens (including phenoxy) is 1. The molecule has 0 atom stereocenters. The monoisotopic (exact) mass is 558 g/mol. The van der Waals surface area contributed by atoms with Crippen molar-refractivity contribution in [2.75, 3.05) is 42.6 Å². The molecule has 0 radical (unpaired) electrons. The van der Waals surface area contributed by atoms with Crippen molar-refractivity contribution in [2.24, 2.45) is 0 Å². The Morgan fingerprint density at radius 1 is 1.13 bits per heavy atom. The third-order valence-corrected chi connectivity index (χ3v) is 7.73. The molecular formula is C26H34N6O4S2. The van der Waals surface area contributed by atoms with Gasteiger partial charge in [-0.05, 0) is 50.5 Å². The standard InChI is InChI=1S/C26H34N6O4S2/c1-8-20-21(15-27)23(31(5)14-13-29-25(33)36-26(2,3)4)30-24(22(20)16-28)37-17-18-9-11-19(12-10-18)32(6)38(7,34)35/h9-12H,8,13-14,17H2,1-7H3,(H,29,33). The highest BCUT2D eigenvalue weighted by molar-refractivity contribution is 7.98. The summed E-state index contributed by atoms with van der Waals surface area (Å²) < 4.78 is 30.0. The first-order chi connectivity index (χ1) is 17.7. The molecule has 12 heteroatoms. The molecule has 1 heterocycles. The number of aromatic nitrogens is 1. The fourth-order valence-electron chi connectivity index (χ4n) is 3.46. The average molecular weight is 559 g/mol. The number of hydrogen-bond donors (Lipinski definition) is 1. The molecular weight excluding hydrogens is 524 g/mol. The summed E-state index contributed by atoms with van der Waals surface area (Å²) in [6.07, 6.45) is 1.09. The van der Waals surface area contributed by atoms with E-state index in [2.05, 4.69) is 22.4 Å². The normalized spacial score (nSPS) is 11.3. The zero-order valence-corrected chi connectivity index (χ0v) is 24.5. The van der Waals surface area contributed by atoms with Crippen LogP contribution in [-0.4, -0.2) is 58.5 Å². The van der Waals surface area contributed by atoms with Crippen LogP contribution < -0.4 is 14.5 Å². The van der Waals surface area contributed by atoms with Crippen LogP contribution in [0.5, 0.6) is 0 Å². The lowest BCUT2D eigenvalue weighted by molar-refractivity contribution is 0.0529. The Labute approximate surface area is 229 Å². The molecule has 0 aliphatic rings. The van der Waals surface area contributed by atoms with Crippen molar-refractivity contribution in [3.8, 4) is 12.1 Å². The average Bonchev–Trinajstić information content (AvgIpc) is 2.84. The summed E-state index contributed by atoms with van der Waals surface area (Å²) in [4.78, 5) is 18.4. The Bertz CT molecular complexity index is 1340. The molecule has 38 heavy (non-hydrogen) atoms. The second-order valence-corrected chi connectivity index (χ2v) is 12.6. The van der Waals surface area contributed by atoms with Gasteiger partial charge in [0.1, 0.15) is 28.6 Å². The number of anilines is 2. The Morgan fingerprint density at radius 2 is 1.74 bits per heavy atom. The second kappa shape index (κ2) is 12.9. The fourth-order valence-corrected chi connectivity index (χ4v) is 4.92. The number of thioether (sulfide) groups is 1. The molecule has 10 nitrogen and oxygen atoms in total. The first-order valence-corrected chi connectivity index (χ1v) is 14.8. The van der Waals surface area contributed by atoms with Crippen molar-refractivity contribution in [1.82, 2.24) is 10.3 Å². The minimum atomic E-state index is -3.36. The highest BCUT2D eigenvalue weighted by Crippen LogP contribution is 2.33.